The van der Waals surface area contributed by atoms with E-state index < -0.39 is 0 Å². The summed E-state index contributed by atoms with van der Waals surface area (Å²) in [6.07, 6.45) is 6.91. The minimum atomic E-state index is 0.517. The van der Waals surface area contributed by atoms with Crippen molar-refractivity contribution in [3.8, 4) is 0 Å². The molecule has 0 aliphatic rings. The van der Waals surface area contributed by atoms with Gasteiger partial charge in [0.05, 0.1) is 0 Å². The first-order valence-electron chi connectivity index (χ1n) is 6.60. The summed E-state index contributed by atoms with van der Waals surface area (Å²) in [5.41, 5.74) is 1.42. The van der Waals surface area contributed by atoms with Crippen molar-refractivity contribution in [2.45, 2.75) is 53.1 Å². The van der Waals surface area contributed by atoms with E-state index in [2.05, 4.69) is 56.0 Å². The van der Waals surface area contributed by atoms with Gasteiger partial charge in [-0.05, 0) is 30.5 Å². The van der Waals surface area contributed by atoms with Gasteiger partial charge in [-0.3, -0.25) is 0 Å². The first-order valence-corrected chi connectivity index (χ1v) is 6.60. The van der Waals surface area contributed by atoms with Crippen molar-refractivity contribution in [2.24, 2.45) is 5.92 Å². The highest BCUT2D eigenvalue weighted by molar-refractivity contribution is 5.15. The Kier molecular flexibility index (Phi) is 5.61. The molecule has 1 N–H and O–H groups in total. The summed E-state index contributed by atoms with van der Waals surface area (Å²) in [5, 5.41) is 3.52. The molecule has 2 nitrogen and oxygen atoms in total. The molecule has 92 valence electrons. The van der Waals surface area contributed by atoms with Gasteiger partial charge in [0, 0.05) is 25.0 Å². The summed E-state index contributed by atoms with van der Waals surface area (Å²) < 4.78 is 2.32. The smallest absolute Gasteiger partial charge is 0.0332 e. The third-order valence-corrected chi connectivity index (χ3v) is 3.25. The first-order chi connectivity index (χ1) is 7.71. The SMILES string of the molecule is CCNC(CC)c1ccn(CC(C)CC)c1. The quantitative estimate of drug-likeness (QED) is 0.746. The summed E-state index contributed by atoms with van der Waals surface area (Å²) in [4.78, 5) is 0. The Labute approximate surface area is 100 Å². The van der Waals surface area contributed by atoms with E-state index in [0.29, 0.717) is 6.04 Å². The van der Waals surface area contributed by atoms with Crippen molar-refractivity contribution in [1.82, 2.24) is 9.88 Å². The molecule has 0 amide bonds. The van der Waals surface area contributed by atoms with Crippen LogP contribution in [-0.4, -0.2) is 11.1 Å². The summed E-state index contributed by atoms with van der Waals surface area (Å²) in [5.74, 6) is 0.763. The van der Waals surface area contributed by atoms with Crippen molar-refractivity contribution < 1.29 is 0 Å². The molecule has 0 spiro atoms. The Hall–Kier alpha value is -0.760. The lowest BCUT2D eigenvalue weighted by Gasteiger charge is -2.14. The van der Waals surface area contributed by atoms with Crippen LogP contribution >= 0.6 is 0 Å². The molecule has 0 aliphatic carbocycles. The Morgan fingerprint density at radius 1 is 1.25 bits per heavy atom. The standard InChI is InChI=1S/C14H26N2/c1-5-12(4)10-16-9-8-13(11-16)14(6-2)15-7-3/h8-9,11-12,14-15H,5-7,10H2,1-4H3. The first kappa shape index (κ1) is 13.3. The van der Waals surface area contributed by atoms with Gasteiger partial charge in [0.15, 0.2) is 0 Å². The summed E-state index contributed by atoms with van der Waals surface area (Å²) in [6.45, 7) is 11.1. The van der Waals surface area contributed by atoms with Crippen molar-refractivity contribution in [2.75, 3.05) is 6.54 Å². The lowest BCUT2D eigenvalue weighted by atomic mass is 10.1. The fraction of sp³-hybridized carbons (Fsp3) is 0.714. The number of hydrogen-bond donors (Lipinski definition) is 1. The zero-order valence-corrected chi connectivity index (χ0v) is 11.2. The van der Waals surface area contributed by atoms with E-state index >= 15 is 0 Å². The van der Waals surface area contributed by atoms with Crippen LogP contribution in [0.15, 0.2) is 18.5 Å². The average molecular weight is 222 g/mol. The van der Waals surface area contributed by atoms with Gasteiger partial charge in [-0.15, -0.1) is 0 Å². The molecule has 0 saturated carbocycles. The molecule has 1 aromatic heterocycles. The maximum Gasteiger partial charge on any atom is 0.0332 e. The van der Waals surface area contributed by atoms with Gasteiger partial charge in [-0.2, -0.15) is 0 Å². The summed E-state index contributed by atoms with van der Waals surface area (Å²) in [6, 6.07) is 2.77. The van der Waals surface area contributed by atoms with Gasteiger partial charge in [0.1, 0.15) is 0 Å². The molecular weight excluding hydrogens is 196 g/mol. The second kappa shape index (κ2) is 6.74. The molecule has 0 saturated heterocycles. The lowest BCUT2D eigenvalue weighted by molar-refractivity contribution is 0.467. The zero-order valence-electron chi connectivity index (χ0n) is 11.2. The van der Waals surface area contributed by atoms with Crippen LogP contribution in [0.25, 0.3) is 0 Å². The van der Waals surface area contributed by atoms with Crippen molar-refractivity contribution in [3.05, 3.63) is 24.0 Å². The minimum absolute atomic E-state index is 0.517. The average Bonchev–Trinajstić information content (AvgIpc) is 2.74. The van der Waals surface area contributed by atoms with E-state index in [9.17, 15) is 0 Å². The van der Waals surface area contributed by atoms with Crippen molar-refractivity contribution in [3.63, 3.8) is 0 Å². The Morgan fingerprint density at radius 2 is 2.00 bits per heavy atom. The van der Waals surface area contributed by atoms with Crippen LogP contribution in [0.3, 0.4) is 0 Å². The molecule has 16 heavy (non-hydrogen) atoms. The number of nitrogens with one attached hydrogen (secondary N) is 1. The van der Waals surface area contributed by atoms with Gasteiger partial charge in [0.25, 0.3) is 0 Å². The molecule has 0 aromatic carbocycles. The van der Waals surface area contributed by atoms with E-state index in [4.69, 9.17) is 0 Å². The lowest BCUT2D eigenvalue weighted by Crippen LogP contribution is -2.19. The number of nitrogens with zero attached hydrogens (tertiary/aromatic N) is 1. The normalized spacial score (nSPS) is 15.0. The molecule has 0 radical (unpaired) electrons. The number of aromatic nitrogens is 1. The van der Waals surface area contributed by atoms with Crippen LogP contribution in [0.4, 0.5) is 0 Å². The van der Waals surface area contributed by atoms with E-state index in [1.54, 1.807) is 0 Å². The fourth-order valence-corrected chi connectivity index (χ4v) is 2.01. The van der Waals surface area contributed by atoms with Crippen molar-refractivity contribution >= 4 is 0 Å². The highest BCUT2D eigenvalue weighted by atomic mass is 15.0. The van der Waals surface area contributed by atoms with Gasteiger partial charge in [-0.25, -0.2) is 0 Å². The molecule has 1 rings (SSSR count). The number of hydrogen-bond acceptors (Lipinski definition) is 1. The van der Waals surface area contributed by atoms with Gasteiger partial charge in [-0.1, -0.05) is 34.1 Å². The number of rotatable bonds is 7. The van der Waals surface area contributed by atoms with Crippen LogP contribution in [0, 0.1) is 5.92 Å². The topological polar surface area (TPSA) is 17.0 Å². The van der Waals surface area contributed by atoms with Gasteiger partial charge >= 0.3 is 0 Å². The molecule has 1 aromatic rings. The molecular formula is C14H26N2. The second-order valence-electron chi connectivity index (χ2n) is 4.67. The van der Waals surface area contributed by atoms with E-state index in [1.165, 1.54) is 12.0 Å². The van der Waals surface area contributed by atoms with Gasteiger partial charge < -0.3 is 9.88 Å². The van der Waals surface area contributed by atoms with E-state index in [1.807, 2.05) is 0 Å². The largest absolute Gasteiger partial charge is 0.354 e. The van der Waals surface area contributed by atoms with E-state index in [-0.39, 0.29) is 0 Å². The molecule has 2 atom stereocenters. The molecule has 0 bridgehead atoms. The Morgan fingerprint density at radius 3 is 2.56 bits per heavy atom. The zero-order chi connectivity index (χ0) is 12.0. The van der Waals surface area contributed by atoms with E-state index in [0.717, 1.165) is 25.4 Å². The third kappa shape index (κ3) is 3.67. The van der Waals surface area contributed by atoms with Crippen LogP contribution in [0.1, 0.15) is 52.1 Å². The molecule has 2 heteroatoms. The fourth-order valence-electron chi connectivity index (χ4n) is 2.01. The Bertz CT molecular complexity index is 291. The predicted molar refractivity (Wildman–Crippen MR) is 70.6 cm³/mol. The second-order valence-corrected chi connectivity index (χ2v) is 4.67. The highest BCUT2D eigenvalue weighted by Gasteiger charge is 2.09. The maximum absolute atomic E-state index is 3.52. The molecule has 0 fully saturated rings. The van der Waals surface area contributed by atoms with Crippen LogP contribution in [0.5, 0.6) is 0 Å². The van der Waals surface area contributed by atoms with Crippen molar-refractivity contribution in [1.29, 1.82) is 0 Å². The summed E-state index contributed by atoms with van der Waals surface area (Å²) >= 11 is 0. The van der Waals surface area contributed by atoms with Crippen LogP contribution in [-0.2, 0) is 6.54 Å². The third-order valence-electron chi connectivity index (χ3n) is 3.25. The highest BCUT2D eigenvalue weighted by Crippen LogP contribution is 2.17. The van der Waals surface area contributed by atoms with Crippen LogP contribution < -0.4 is 5.32 Å². The maximum atomic E-state index is 3.52. The molecule has 1 heterocycles. The summed E-state index contributed by atoms with van der Waals surface area (Å²) in [7, 11) is 0. The minimum Gasteiger partial charge on any atom is -0.354 e. The molecule has 0 aliphatic heterocycles. The van der Waals surface area contributed by atoms with Gasteiger partial charge in [0.2, 0.25) is 0 Å². The molecule has 2 unspecified atom stereocenters. The monoisotopic (exact) mass is 222 g/mol. The van der Waals surface area contributed by atoms with Crippen LogP contribution in [0.2, 0.25) is 0 Å². The Balaban J connectivity index is 2.62. The predicted octanol–water partition coefficient (Wildman–Crippen LogP) is 3.59.